The van der Waals surface area contributed by atoms with Crippen LogP contribution in [0.5, 0.6) is 0 Å². The van der Waals surface area contributed by atoms with E-state index < -0.39 is 21.6 Å². The van der Waals surface area contributed by atoms with Gasteiger partial charge in [-0.25, -0.2) is 22.9 Å². The van der Waals surface area contributed by atoms with Crippen molar-refractivity contribution in [2.24, 2.45) is 0 Å². The van der Waals surface area contributed by atoms with Crippen LogP contribution in [0.4, 0.5) is 0 Å². The number of carbonyl (C=O) groups excluding carboxylic acids is 1. The second-order valence-corrected chi connectivity index (χ2v) is 13.8. The number of aliphatic hydroxyl groups excluding tert-OH is 1. The highest BCUT2D eigenvalue weighted by Crippen LogP contribution is 2.41. The fourth-order valence-corrected chi connectivity index (χ4v) is 7.33. The van der Waals surface area contributed by atoms with Gasteiger partial charge in [0.15, 0.2) is 5.70 Å². The molecule has 9 heteroatoms. The molecule has 1 aliphatic heterocycles. The largest absolute Gasteiger partial charge is 0.510 e. The maximum atomic E-state index is 14.2. The molecule has 2 heterocycles. The lowest BCUT2D eigenvalue weighted by Crippen LogP contribution is -2.42. The van der Waals surface area contributed by atoms with Crippen molar-refractivity contribution in [1.82, 2.24) is 14.3 Å². The molecule has 0 atom stereocenters. The Morgan fingerprint density at radius 3 is 1.96 bits per heavy atom. The van der Waals surface area contributed by atoms with E-state index in [2.05, 4.69) is 16.6 Å². The number of rotatable bonds is 12. The molecular formula is C38H39N3O5S. The second kappa shape index (κ2) is 13.6. The normalized spacial score (nSPS) is 14.8. The van der Waals surface area contributed by atoms with E-state index in [1.54, 1.807) is 6.07 Å². The molecule has 1 aromatic heterocycles. The number of benzene rings is 4. The number of aromatic nitrogens is 2. The minimum Gasteiger partial charge on any atom is -0.510 e. The minimum atomic E-state index is -4.18. The lowest BCUT2D eigenvalue weighted by Gasteiger charge is -2.38. The number of cyclic esters (lactones) is 1. The molecule has 8 nitrogen and oxygen atoms in total. The number of ether oxygens (including phenoxy) is 1. The Hall–Kier alpha value is -4.73. The third-order valence-corrected chi connectivity index (χ3v) is 10.2. The first-order chi connectivity index (χ1) is 22.7. The molecule has 1 aliphatic rings. The molecule has 2 N–H and O–H groups in total. The molecule has 0 radical (unpaired) electrons. The predicted octanol–water partition coefficient (Wildman–Crippen LogP) is 7.24. The van der Waals surface area contributed by atoms with Crippen molar-refractivity contribution in [2.45, 2.75) is 62.6 Å². The van der Waals surface area contributed by atoms with Gasteiger partial charge >= 0.3 is 5.97 Å². The van der Waals surface area contributed by atoms with Crippen LogP contribution < -0.4 is 4.72 Å². The number of fused-ring (bicyclic) bond motifs is 1. The van der Waals surface area contributed by atoms with Crippen LogP contribution in [0.25, 0.3) is 27.9 Å². The molecule has 0 amide bonds. The average Bonchev–Trinajstić information content (AvgIpc) is 3.47. The van der Waals surface area contributed by atoms with Crippen molar-refractivity contribution in [3.05, 3.63) is 126 Å². The molecule has 6 rings (SSSR count). The van der Waals surface area contributed by atoms with Gasteiger partial charge in [-0.3, -0.25) is 4.57 Å². The van der Waals surface area contributed by atoms with Crippen LogP contribution in [-0.4, -0.2) is 41.7 Å². The zero-order valence-electron chi connectivity index (χ0n) is 26.6. The second-order valence-electron chi connectivity index (χ2n) is 12.0. The summed E-state index contributed by atoms with van der Waals surface area (Å²) in [5.74, 6) is -1.02. The van der Waals surface area contributed by atoms with Crippen LogP contribution in [0.1, 0.15) is 49.3 Å². The monoisotopic (exact) mass is 649 g/mol. The number of aryl methyl sites for hydroxylation is 3. The standard InChI is InChI=1S/C38H39N3O5S/c1-3-13-29-20-21-31-34(33(29)30-18-11-6-12-19-30)40-37(47(44,45)39-2)41(31)35-32(42)26-38(46-36(35)43,24-22-27-14-7-4-8-15-27)25-23-28-16-9-5-10-17-28/h4-12,14-21,39,42H,3,13,22-26H2,1-2H3. The summed E-state index contributed by atoms with van der Waals surface area (Å²) in [5.41, 5.74) is 4.44. The molecule has 0 saturated heterocycles. The Balaban J connectivity index is 1.50. The Bertz CT molecular complexity index is 1980. The first kappa shape index (κ1) is 32.2. The summed E-state index contributed by atoms with van der Waals surface area (Å²) in [6, 6.07) is 33.3. The molecule has 242 valence electrons. The van der Waals surface area contributed by atoms with Gasteiger partial charge in [0.2, 0.25) is 5.16 Å². The number of aliphatic hydroxyl groups is 1. The van der Waals surface area contributed by atoms with Crippen LogP contribution in [0, 0.1) is 0 Å². The summed E-state index contributed by atoms with van der Waals surface area (Å²) >= 11 is 0. The quantitative estimate of drug-likeness (QED) is 0.138. The molecule has 0 saturated carbocycles. The maximum absolute atomic E-state index is 14.2. The molecule has 47 heavy (non-hydrogen) atoms. The van der Waals surface area contributed by atoms with Crippen LogP contribution in [-0.2, 0) is 38.8 Å². The van der Waals surface area contributed by atoms with E-state index in [1.807, 2.05) is 97.1 Å². The number of nitrogens with one attached hydrogen (secondary N) is 1. The van der Waals surface area contributed by atoms with Crippen LogP contribution in [0.15, 0.2) is 114 Å². The Kier molecular flexibility index (Phi) is 9.29. The van der Waals surface area contributed by atoms with Crippen molar-refractivity contribution in [1.29, 1.82) is 0 Å². The summed E-state index contributed by atoms with van der Waals surface area (Å²) in [7, 11) is -2.89. The summed E-state index contributed by atoms with van der Waals surface area (Å²) in [6.07, 6.45) is 3.91. The van der Waals surface area contributed by atoms with E-state index in [1.165, 1.54) is 11.6 Å². The number of imidazole rings is 1. The molecule has 0 bridgehead atoms. The number of hydrogen-bond donors (Lipinski definition) is 2. The van der Waals surface area contributed by atoms with Gasteiger partial charge in [-0.15, -0.1) is 0 Å². The smallest absolute Gasteiger partial charge is 0.359 e. The van der Waals surface area contributed by atoms with E-state index in [4.69, 9.17) is 4.74 Å². The van der Waals surface area contributed by atoms with E-state index in [-0.39, 0.29) is 23.0 Å². The molecule has 4 aromatic carbocycles. The van der Waals surface area contributed by atoms with Crippen molar-refractivity contribution in [2.75, 3.05) is 7.05 Å². The highest BCUT2D eigenvalue weighted by molar-refractivity contribution is 7.89. The van der Waals surface area contributed by atoms with Gasteiger partial charge in [-0.2, -0.15) is 0 Å². The number of carbonyl (C=O) groups is 1. The van der Waals surface area contributed by atoms with Gasteiger partial charge in [0.05, 0.1) is 11.0 Å². The first-order valence-corrected chi connectivity index (χ1v) is 17.5. The van der Waals surface area contributed by atoms with Crippen LogP contribution in [0.3, 0.4) is 0 Å². The van der Waals surface area contributed by atoms with Gasteiger partial charge in [-0.05, 0) is 67.5 Å². The summed E-state index contributed by atoms with van der Waals surface area (Å²) in [5, 5.41) is 11.4. The third kappa shape index (κ3) is 6.59. The van der Waals surface area contributed by atoms with Crippen molar-refractivity contribution < 1.29 is 23.1 Å². The van der Waals surface area contributed by atoms with Crippen LogP contribution in [0.2, 0.25) is 0 Å². The summed E-state index contributed by atoms with van der Waals surface area (Å²) in [6.45, 7) is 2.08. The number of nitrogens with zero attached hydrogens (tertiary/aromatic N) is 2. The summed E-state index contributed by atoms with van der Waals surface area (Å²) < 4.78 is 36.9. The Morgan fingerprint density at radius 1 is 0.851 bits per heavy atom. The van der Waals surface area contributed by atoms with Gasteiger partial charge < -0.3 is 9.84 Å². The van der Waals surface area contributed by atoms with E-state index in [0.29, 0.717) is 36.7 Å². The Labute approximate surface area is 275 Å². The topological polar surface area (TPSA) is 111 Å². The van der Waals surface area contributed by atoms with Crippen molar-refractivity contribution in [3.63, 3.8) is 0 Å². The fourth-order valence-electron chi connectivity index (χ4n) is 6.50. The van der Waals surface area contributed by atoms with Crippen LogP contribution >= 0.6 is 0 Å². The Morgan fingerprint density at radius 2 is 1.43 bits per heavy atom. The average molecular weight is 650 g/mol. The van der Waals surface area contributed by atoms with Gasteiger partial charge in [0.1, 0.15) is 11.4 Å². The highest BCUT2D eigenvalue weighted by Gasteiger charge is 2.44. The molecule has 0 unspecified atom stereocenters. The number of esters is 1. The van der Waals surface area contributed by atoms with E-state index in [0.717, 1.165) is 40.7 Å². The highest BCUT2D eigenvalue weighted by atomic mass is 32.2. The van der Waals surface area contributed by atoms with Crippen molar-refractivity contribution in [3.8, 4) is 11.1 Å². The fraction of sp³-hybridized carbons (Fsp3) is 0.263. The molecule has 0 spiro atoms. The molecule has 0 aliphatic carbocycles. The first-order valence-electron chi connectivity index (χ1n) is 16.0. The van der Waals surface area contributed by atoms with Crippen molar-refractivity contribution >= 4 is 32.7 Å². The third-order valence-electron chi connectivity index (χ3n) is 8.89. The van der Waals surface area contributed by atoms with E-state index >= 15 is 0 Å². The summed E-state index contributed by atoms with van der Waals surface area (Å²) in [4.78, 5) is 18.8. The van der Waals surface area contributed by atoms with Gasteiger partial charge in [0.25, 0.3) is 10.0 Å². The number of hydrogen-bond acceptors (Lipinski definition) is 6. The zero-order chi connectivity index (χ0) is 33.0. The minimum absolute atomic E-state index is 0.0336. The predicted molar refractivity (Wildman–Crippen MR) is 184 cm³/mol. The van der Waals surface area contributed by atoms with E-state index in [9.17, 15) is 18.3 Å². The molecule has 0 fully saturated rings. The van der Waals surface area contributed by atoms with Gasteiger partial charge in [0, 0.05) is 12.0 Å². The SMILES string of the molecule is CCCc1ccc2c(nc(S(=O)(=O)NC)n2C2=C(O)CC(CCc3ccccc3)(CCc3ccccc3)OC2=O)c1-c1ccccc1. The maximum Gasteiger partial charge on any atom is 0.359 e. The zero-order valence-corrected chi connectivity index (χ0v) is 27.5. The van der Waals surface area contributed by atoms with Gasteiger partial charge in [-0.1, -0.05) is 110 Å². The lowest BCUT2D eigenvalue weighted by atomic mass is 9.83. The molecular weight excluding hydrogens is 611 g/mol. The lowest BCUT2D eigenvalue weighted by molar-refractivity contribution is -0.157. The molecule has 5 aromatic rings. The number of sulfonamides is 1.